The Bertz CT molecular complexity index is 440. The largest absolute Gasteiger partial charge is 0.370 e. The van der Waals surface area contributed by atoms with E-state index >= 15 is 0 Å². The third-order valence-corrected chi connectivity index (χ3v) is 2.05. The minimum absolute atomic E-state index is 0.00516. The molecule has 0 saturated heterocycles. The summed E-state index contributed by atoms with van der Waals surface area (Å²) in [7, 11) is 0. The molecule has 0 atom stereocenters. The molecule has 6 nitrogen and oxygen atoms in total. The quantitative estimate of drug-likeness (QED) is 0.666. The predicted molar refractivity (Wildman–Crippen MR) is 62.0 cm³/mol. The van der Waals surface area contributed by atoms with Crippen molar-refractivity contribution in [3.63, 3.8) is 0 Å². The summed E-state index contributed by atoms with van der Waals surface area (Å²) >= 11 is 0. The molecule has 17 heavy (non-hydrogen) atoms. The molecule has 3 amide bonds. The van der Waals surface area contributed by atoms with Gasteiger partial charge in [0.1, 0.15) is 0 Å². The highest BCUT2D eigenvalue weighted by Gasteiger charge is 2.05. The van der Waals surface area contributed by atoms with Gasteiger partial charge in [0.2, 0.25) is 17.7 Å². The van der Waals surface area contributed by atoms with Gasteiger partial charge in [0.15, 0.2) is 0 Å². The molecule has 0 spiro atoms. The molecule has 0 fully saturated rings. The zero-order chi connectivity index (χ0) is 12.8. The number of primary amides is 2. The second-order valence-electron chi connectivity index (χ2n) is 3.46. The predicted octanol–water partition coefficient (Wildman–Crippen LogP) is -0.0105. The zero-order valence-corrected chi connectivity index (χ0v) is 9.10. The highest BCUT2D eigenvalue weighted by Crippen LogP contribution is 2.09. The van der Waals surface area contributed by atoms with Gasteiger partial charge in [-0.3, -0.25) is 14.4 Å². The summed E-state index contributed by atoms with van der Waals surface area (Å²) in [4.78, 5) is 32.6. The molecule has 1 aromatic rings. The molecule has 5 N–H and O–H groups in total. The van der Waals surface area contributed by atoms with Crippen molar-refractivity contribution in [1.82, 2.24) is 0 Å². The fourth-order valence-electron chi connectivity index (χ4n) is 1.18. The van der Waals surface area contributed by atoms with Crippen molar-refractivity contribution < 1.29 is 14.4 Å². The topological polar surface area (TPSA) is 115 Å². The van der Waals surface area contributed by atoms with Crippen LogP contribution in [-0.4, -0.2) is 17.7 Å². The summed E-state index contributed by atoms with van der Waals surface area (Å²) in [6.45, 7) is 0. The molecule has 0 aliphatic carbocycles. The van der Waals surface area contributed by atoms with Crippen molar-refractivity contribution in [1.29, 1.82) is 0 Å². The van der Waals surface area contributed by atoms with E-state index in [1.807, 2.05) is 0 Å². The summed E-state index contributed by atoms with van der Waals surface area (Å²) in [6, 6.07) is 6.13. The van der Waals surface area contributed by atoms with Crippen LogP contribution in [0.5, 0.6) is 0 Å². The monoisotopic (exact) mass is 235 g/mol. The summed E-state index contributed by atoms with van der Waals surface area (Å²) in [5, 5.41) is 2.56. The standard InChI is InChI=1S/C11H13N3O3/c12-9(15)5-6-10(16)14-8-3-1-7(2-4-8)11(13)17/h1-4H,5-6H2,(H2,12,15)(H2,13,17)(H,14,16). The fraction of sp³-hybridized carbons (Fsp3) is 0.182. The van der Waals surface area contributed by atoms with E-state index in [1.54, 1.807) is 12.1 Å². The molecule has 0 unspecified atom stereocenters. The number of nitrogens with one attached hydrogen (secondary N) is 1. The molecule has 1 rings (SSSR count). The van der Waals surface area contributed by atoms with Gasteiger partial charge in [-0.25, -0.2) is 0 Å². The smallest absolute Gasteiger partial charge is 0.248 e. The van der Waals surface area contributed by atoms with Gasteiger partial charge in [-0.1, -0.05) is 0 Å². The van der Waals surface area contributed by atoms with Crippen molar-refractivity contribution in [3.8, 4) is 0 Å². The van der Waals surface area contributed by atoms with Gasteiger partial charge in [-0.15, -0.1) is 0 Å². The van der Waals surface area contributed by atoms with Crippen molar-refractivity contribution >= 4 is 23.4 Å². The van der Waals surface area contributed by atoms with E-state index < -0.39 is 11.8 Å². The van der Waals surface area contributed by atoms with Crippen molar-refractivity contribution in [2.45, 2.75) is 12.8 Å². The summed E-state index contributed by atoms with van der Waals surface area (Å²) in [6.07, 6.45) is 0.0398. The van der Waals surface area contributed by atoms with Gasteiger partial charge in [0.25, 0.3) is 0 Å². The average Bonchev–Trinajstić information content (AvgIpc) is 2.27. The SMILES string of the molecule is NC(=O)CCC(=O)Nc1ccc(C(N)=O)cc1. The first kappa shape index (κ1) is 12.7. The summed E-state index contributed by atoms with van der Waals surface area (Å²) in [5.41, 5.74) is 10.9. The fourth-order valence-corrected chi connectivity index (χ4v) is 1.18. The van der Waals surface area contributed by atoms with E-state index in [-0.39, 0.29) is 18.7 Å². The Morgan fingerprint density at radius 2 is 1.59 bits per heavy atom. The van der Waals surface area contributed by atoms with Crippen LogP contribution in [0.15, 0.2) is 24.3 Å². The lowest BCUT2D eigenvalue weighted by atomic mass is 10.2. The molecule has 0 heterocycles. The molecular weight excluding hydrogens is 222 g/mol. The van der Waals surface area contributed by atoms with E-state index in [1.165, 1.54) is 12.1 Å². The van der Waals surface area contributed by atoms with Gasteiger partial charge < -0.3 is 16.8 Å². The Balaban J connectivity index is 2.54. The molecule has 6 heteroatoms. The lowest BCUT2D eigenvalue weighted by molar-refractivity contribution is -0.122. The summed E-state index contributed by atoms with van der Waals surface area (Å²) in [5.74, 6) is -1.36. The van der Waals surface area contributed by atoms with E-state index in [4.69, 9.17) is 11.5 Å². The zero-order valence-electron chi connectivity index (χ0n) is 9.10. The molecule has 90 valence electrons. The number of carbonyl (C=O) groups is 3. The van der Waals surface area contributed by atoms with Crippen molar-refractivity contribution in [2.24, 2.45) is 11.5 Å². The van der Waals surface area contributed by atoms with Crippen molar-refractivity contribution in [3.05, 3.63) is 29.8 Å². The van der Waals surface area contributed by atoms with Crippen LogP contribution < -0.4 is 16.8 Å². The van der Waals surface area contributed by atoms with Crippen LogP contribution in [0.2, 0.25) is 0 Å². The van der Waals surface area contributed by atoms with Crippen LogP contribution in [0.3, 0.4) is 0 Å². The number of benzene rings is 1. The van der Waals surface area contributed by atoms with Gasteiger partial charge in [-0.05, 0) is 24.3 Å². The van der Waals surface area contributed by atoms with E-state index in [2.05, 4.69) is 5.32 Å². The third-order valence-electron chi connectivity index (χ3n) is 2.05. The number of nitrogens with two attached hydrogens (primary N) is 2. The molecular formula is C11H13N3O3. The summed E-state index contributed by atoms with van der Waals surface area (Å²) < 4.78 is 0. The van der Waals surface area contributed by atoms with E-state index in [9.17, 15) is 14.4 Å². The number of rotatable bonds is 5. The van der Waals surface area contributed by atoms with Crippen LogP contribution >= 0.6 is 0 Å². The number of anilines is 1. The first-order chi connectivity index (χ1) is 7.99. The average molecular weight is 235 g/mol. The number of hydrogen-bond acceptors (Lipinski definition) is 3. The molecule has 0 saturated carbocycles. The Morgan fingerprint density at radius 1 is 1.00 bits per heavy atom. The molecule has 0 aromatic heterocycles. The van der Waals surface area contributed by atoms with Crippen LogP contribution in [0, 0.1) is 0 Å². The lowest BCUT2D eigenvalue weighted by Crippen LogP contribution is -2.17. The highest BCUT2D eigenvalue weighted by molar-refractivity contribution is 5.95. The maximum absolute atomic E-state index is 11.3. The van der Waals surface area contributed by atoms with Gasteiger partial charge in [0.05, 0.1) is 0 Å². The Labute approximate surface area is 98.0 Å². The first-order valence-corrected chi connectivity index (χ1v) is 4.97. The minimum Gasteiger partial charge on any atom is -0.370 e. The Morgan fingerprint density at radius 3 is 2.06 bits per heavy atom. The van der Waals surface area contributed by atoms with E-state index in [0.29, 0.717) is 11.3 Å². The lowest BCUT2D eigenvalue weighted by Gasteiger charge is -2.04. The maximum atomic E-state index is 11.3. The first-order valence-electron chi connectivity index (χ1n) is 4.97. The number of carbonyl (C=O) groups excluding carboxylic acids is 3. The highest BCUT2D eigenvalue weighted by atomic mass is 16.2. The minimum atomic E-state index is -0.531. The van der Waals surface area contributed by atoms with Crippen LogP contribution in [0.25, 0.3) is 0 Å². The second-order valence-corrected chi connectivity index (χ2v) is 3.46. The Kier molecular flexibility index (Phi) is 4.21. The van der Waals surface area contributed by atoms with E-state index in [0.717, 1.165) is 0 Å². The number of amides is 3. The molecule has 0 radical (unpaired) electrons. The molecule has 1 aromatic carbocycles. The molecule has 0 bridgehead atoms. The van der Waals surface area contributed by atoms with Crippen molar-refractivity contribution in [2.75, 3.05) is 5.32 Å². The van der Waals surface area contributed by atoms with Crippen LogP contribution in [0.1, 0.15) is 23.2 Å². The van der Waals surface area contributed by atoms with Crippen LogP contribution in [-0.2, 0) is 9.59 Å². The number of hydrogen-bond donors (Lipinski definition) is 3. The van der Waals surface area contributed by atoms with Gasteiger partial charge in [-0.2, -0.15) is 0 Å². The second kappa shape index (κ2) is 5.64. The Hall–Kier alpha value is -2.37. The molecule has 0 aliphatic rings. The van der Waals surface area contributed by atoms with Crippen LogP contribution in [0.4, 0.5) is 5.69 Å². The normalized spacial score (nSPS) is 9.65. The third kappa shape index (κ3) is 4.33. The van der Waals surface area contributed by atoms with Gasteiger partial charge in [0, 0.05) is 24.1 Å². The molecule has 0 aliphatic heterocycles. The van der Waals surface area contributed by atoms with Gasteiger partial charge >= 0.3 is 0 Å². The maximum Gasteiger partial charge on any atom is 0.248 e.